The van der Waals surface area contributed by atoms with Crippen LogP contribution < -0.4 is 0 Å². The first kappa shape index (κ1) is 26.6. The molecule has 4 saturated carbocycles. The van der Waals surface area contributed by atoms with Crippen molar-refractivity contribution in [1.82, 2.24) is 14.8 Å². The molecule has 2 atom stereocenters. The Balaban J connectivity index is 1.56. The number of nitrogens with zero attached hydrogens (tertiary/aromatic N) is 3. The summed E-state index contributed by atoms with van der Waals surface area (Å²) in [5.41, 5.74) is 3.07. The summed E-state index contributed by atoms with van der Waals surface area (Å²) in [7, 11) is 0. The number of halogens is 1. The van der Waals surface area contributed by atoms with E-state index in [4.69, 9.17) is 21.4 Å². The van der Waals surface area contributed by atoms with E-state index in [2.05, 4.69) is 44.3 Å². The molecule has 2 aromatic heterocycles. The fourth-order valence-corrected chi connectivity index (χ4v) is 9.31. The van der Waals surface area contributed by atoms with E-state index in [9.17, 15) is 15.0 Å². The van der Waals surface area contributed by atoms with Crippen LogP contribution in [0.15, 0.2) is 12.3 Å². The van der Waals surface area contributed by atoms with Crippen molar-refractivity contribution in [2.45, 2.75) is 97.6 Å². The highest BCUT2D eigenvalue weighted by Gasteiger charge is 2.66. The lowest BCUT2D eigenvalue weighted by Gasteiger charge is -2.69. The molecule has 2 heterocycles. The van der Waals surface area contributed by atoms with Gasteiger partial charge in [-0.2, -0.15) is 5.10 Å². The van der Waals surface area contributed by atoms with Crippen LogP contribution in [0.3, 0.4) is 0 Å². The van der Waals surface area contributed by atoms with Gasteiger partial charge in [-0.1, -0.05) is 46.2 Å². The number of carbonyl (C=O) groups is 1. The average Bonchev–Trinajstić information content (AvgIpc) is 3.07. The molecule has 7 nitrogen and oxygen atoms in total. The van der Waals surface area contributed by atoms with Gasteiger partial charge in [-0.25, -0.2) is 9.78 Å². The third kappa shape index (κ3) is 4.61. The number of pyridine rings is 1. The summed E-state index contributed by atoms with van der Waals surface area (Å²) in [6, 6.07) is 1.78. The Morgan fingerprint density at radius 1 is 1.14 bits per heavy atom. The monoisotopic (exact) mass is 529 g/mol. The second-order valence-electron chi connectivity index (χ2n) is 14.0. The van der Waals surface area contributed by atoms with Crippen LogP contribution in [0, 0.1) is 23.2 Å². The van der Waals surface area contributed by atoms with Crippen LogP contribution in [0.25, 0.3) is 11.1 Å². The molecule has 0 aromatic carbocycles. The summed E-state index contributed by atoms with van der Waals surface area (Å²) >= 11 is 6.26. The molecular formula is C29H40ClN3O4. The van der Waals surface area contributed by atoms with Crippen molar-refractivity contribution in [2.24, 2.45) is 16.2 Å². The highest BCUT2D eigenvalue weighted by atomic mass is 35.5. The summed E-state index contributed by atoms with van der Waals surface area (Å²) in [4.78, 5) is 16.5. The van der Waals surface area contributed by atoms with Gasteiger partial charge in [-0.3, -0.25) is 4.68 Å². The fraction of sp³-hybridized carbons (Fsp3) is 0.690. The maximum absolute atomic E-state index is 12.3. The predicted octanol–water partition coefficient (Wildman–Crippen LogP) is 6.03. The number of hydrogen-bond acceptors (Lipinski definition) is 5. The van der Waals surface area contributed by atoms with Crippen LogP contribution in [0.1, 0.15) is 94.9 Å². The first-order valence-electron chi connectivity index (χ1n) is 13.3. The molecule has 0 aliphatic heterocycles. The second kappa shape index (κ2) is 8.52. The van der Waals surface area contributed by atoms with Gasteiger partial charge in [0.15, 0.2) is 5.69 Å². The standard InChI is InChI=1S/C29H40ClN3O4/c1-18-19(22-20(25(2,3)4)9-21(30)32-23(22)24(35)36)10-31-33(18)17-28-12-26(5)11-27(6,13-28)15-29(14-26,16-28)37-8-7-34/h9-10,34H,7-8,11-17H2,1-6H3,(H,35,36). The zero-order valence-corrected chi connectivity index (χ0v) is 23.7. The van der Waals surface area contributed by atoms with E-state index < -0.39 is 5.97 Å². The molecule has 0 saturated heterocycles. The minimum Gasteiger partial charge on any atom is -0.476 e. The smallest absolute Gasteiger partial charge is 0.355 e. The molecule has 202 valence electrons. The van der Waals surface area contributed by atoms with Crippen molar-refractivity contribution < 1.29 is 19.7 Å². The van der Waals surface area contributed by atoms with E-state index in [1.807, 2.05) is 6.92 Å². The van der Waals surface area contributed by atoms with E-state index in [-0.39, 0.29) is 44.7 Å². The van der Waals surface area contributed by atoms with Crippen molar-refractivity contribution in [1.29, 1.82) is 0 Å². The van der Waals surface area contributed by atoms with E-state index in [1.54, 1.807) is 12.3 Å². The first-order chi connectivity index (χ1) is 17.1. The third-order valence-corrected chi connectivity index (χ3v) is 9.20. The lowest BCUT2D eigenvalue weighted by atomic mass is 9.39. The zero-order valence-electron chi connectivity index (χ0n) is 22.9. The summed E-state index contributed by atoms with van der Waals surface area (Å²) in [6.45, 7) is 14.2. The number of aliphatic hydroxyl groups is 1. The molecule has 4 bridgehead atoms. The van der Waals surface area contributed by atoms with Crippen molar-refractivity contribution in [2.75, 3.05) is 13.2 Å². The lowest BCUT2D eigenvalue weighted by Crippen LogP contribution is -2.64. The minimum absolute atomic E-state index is 0.0359. The topological polar surface area (TPSA) is 97.5 Å². The van der Waals surface area contributed by atoms with Gasteiger partial charge < -0.3 is 14.9 Å². The molecule has 8 heteroatoms. The van der Waals surface area contributed by atoms with Gasteiger partial charge in [0, 0.05) is 23.4 Å². The number of carboxylic acid groups (broad SMARTS) is 1. The van der Waals surface area contributed by atoms with Crippen molar-refractivity contribution in [3.8, 4) is 11.1 Å². The maximum atomic E-state index is 12.3. The number of aliphatic hydroxyl groups excluding tert-OH is 1. The molecule has 4 aliphatic rings. The predicted molar refractivity (Wildman–Crippen MR) is 143 cm³/mol. The Morgan fingerprint density at radius 3 is 2.35 bits per heavy atom. The number of hydrogen-bond donors (Lipinski definition) is 2. The molecule has 2 aromatic rings. The van der Waals surface area contributed by atoms with Crippen LogP contribution in [0.5, 0.6) is 0 Å². The normalized spacial score (nSPS) is 32.8. The molecule has 6 rings (SSSR count). The highest BCUT2D eigenvalue weighted by Crippen LogP contribution is 2.72. The number of rotatable bonds is 7. The molecule has 2 N–H and O–H groups in total. The van der Waals surface area contributed by atoms with E-state index in [0.29, 0.717) is 12.2 Å². The van der Waals surface area contributed by atoms with Gasteiger partial charge in [0.05, 0.1) is 25.0 Å². The Kier molecular flexibility index (Phi) is 6.13. The Bertz CT molecular complexity index is 1230. The van der Waals surface area contributed by atoms with Crippen LogP contribution in [-0.2, 0) is 16.7 Å². The minimum atomic E-state index is -1.10. The van der Waals surface area contributed by atoms with Gasteiger partial charge >= 0.3 is 5.97 Å². The first-order valence-corrected chi connectivity index (χ1v) is 13.7. The molecule has 0 radical (unpaired) electrons. The summed E-state index contributed by atoms with van der Waals surface area (Å²) < 4.78 is 8.50. The van der Waals surface area contributed by atoms with Crippen LogP contribution >= 0.6 is 11.6 Å². The van der Waals surface area contributed by atoms with Gasteiger partial charge in [0.25, 0.3) is 0 Å². The number of carboxylic acids is 1. The largest absolute Gasteiger partial charge is 0.476 e. The van der Waals surface area contributed by atoms with Crippen LogP contribution in [0.4, 0.5) is 0 Å². The van der Waals surface area contributed by atoms with Gasteiger partial charge in [-0.15, -0.1) is 0 Å². The fourth-order valence-electron chi connectivity index (χ4n) is 9.11. The Hall–Kier alpha value is -1.96. The van der Waals surface area contributed by atoms with E-state index in [1.165, 1.54) is 6.42 Å². The molecule has 0 spiro atoms. The quantitative estimate of drug-likeness (QED) is 0.425. The second-order valence-corrected chi connectivity index (χ2v) is 14.4. The molecule has 4 fully saturated rings. The zero-order chi connectivity index (χ0) is 27.0. The van der Waals surface area contributed by atoms with Crippen molar-refractivity contribution in [3.05, 3.63) is 34.4 Å². The van der Waals surface area contributed by atoms with Gasteiger partial charge in [0.1, 0.15) is 5.15 Å². The molecular weight excluding hydrogens is 490 g/mol. The average molecular weight is 530 g/mol. The molecule has 0 amide bonds. The lowest BCUT2D eigenvalue weighted by molar-refractivity contribution is -0.250. The third-order valence-electron chi connectivity index (χ3n) is 9.01. The maximum Gasteiger partial charge on any atom is 0.355 e. The number of aromatic nitrogens is 3. The number of ether oxygens (including phenoxy) is 1. The van der Waals surface area contributed by atoms with Gasteiger partial charge in [-0.05, 0) is 78.7 Å². The molecule has 2 unspecified atom stereocenters. The number of aromatic carboxylic acids is 1. The van der Waals surface area contributed by atoms with Gasteiger partial charge in [0.2, 0.25) is 0 Å². The summed E-state index contributed by atoms with van der Waals surface area (Å²) in [6.07, 6.45) is 8.33. The van der Waals surface area contributed by atoms with Crippen molar-refractivity contribution in [3.63, 3.8) is 0 Å². The van der Waals surface area contributed by atoms with E-state index in [0.717, 1.165) is 55.5 Å². The molecule has 4 aliphatic carbocycles. The summed E-state index contributed by atoms with van der Waals surface area (Å²) in [5, 5.41) is 24.5. The van der Waals surface area contributed by atoms with E-state index >= 15 is 0 Å². The molecule has 37 heavy (non-hydrogen) atoms. The SMILES string of the molecule is Cc1c(-c2c(C(C)(C)C)cc(Cl)nc2C(=O)O)cnn1CC12CC3(C)CC(C)(C1)CC(OCCO)(C3)C2. The van der Waals surface area contributed by atoms with Crippen LogP contribution in [-0.4, -0.2) is 49.8 Å². The van der Waals surface area contributed by atoms with Crippen LogP contribution in [0.2, 0.25) is 5.15 Å². The highest BCUT2D eigenvalue weighted by molar-refractivity contribution is 6.29. The van der Waals surface area contributed by atoms with Crippen molar-refractivity contribution >= 4 is 17.6 Å². The summed E-state index contributed by atoms with van der Waals surface area (Å²) in [5.74, 6) is -1.10. The Morgan fingerprint density at radius 2 is 1.78 bits per heavy atom. The Labute approximate surface area is 224 Å².